The Morgan fingerprint density at radius 3 is 3.18 bits per heavy atom. The van der Waals surface area contributed by atoms with Crippen molar-refractivity contribution in [3.05, 3.63) is 17.3 Å². The number of nitrogens with one attached hydrogen (secondary N) is 1. The van der Waals surface area contributed by atoms with Crippen molar-refractivity contribution in [2.24, 2.45) is 20.0 Å². The van der Waals surface area contributed by atoms with Crippen molar-refractivity contribution < 1.29 is 0 Å². The van der Waals surface area contributed by atoms with Crippen molar-refractivity contribution in [1.29, 1.82) is 0 Å². The fraction of sp³-hybridized carbons (Fsp3) is 0.250. The maximum atomic E-state index is 5.44. The molecule has 1 atom stereocenters. The van der Waals surface area contributed by atoms with Crippen LogP contribution in [0.25, 0.3) is 11.2 Å². The molecule has 8 nitrogen and oxygen atoms in total. The van der Waals surface area contributed by atoms with Crippen LogP contribution in [-0.2, 0) is 6.54 Å². The van der Waals surface area contributed by atoms with Crippen molar-refractivity contribution in [2.75, 3.05) is 5.75 Å². The van der Waals surface area contributed by atoms with Crippen LogP contribution >= 0.6 is 24.0 Å². The van der Waals surface area contributed by atoms with E-state index in [1.54, 1.807) is 24.4 Å². The number of rotatable bonds is 3. The van der Waals surface area contributed by atoms with Gasteiger partial charge in [-0.05, 0) is 0 Å². The van der Waals surface area contributed by atoms with Crippen LogP contribution in [0.4, 0.5) is 0 Å². The summed E-state index contributed by atoms with van der Waals surface area (Å²) in [5, 5.41) is 0.907. The highest BCUT2D eigenvalue weighted by Crippen LogP contribution is 2.18. The van der Waals surface area contributed by atoms with Crippen LogP contribution in [0.5, 0.6) is 0 Å². The number of H-pyrrole nitrogens is 1. The number of fused-ring (bicyclic) bond motifs is 2. The largest absolute Gasteiger partial charge is 0.341 e. The third-order valence-electron chi connectivity index (χ3n) is 3.25. The van der Waals surface area contributed by atoms with Crippen molar-refractivity contribution >= 4 is 58.7 Å². The molecule has 110 valence electrons. The van der Waals surface area contributed by atoms with E-state index in [4.69, 9.17) is 12.2 Å². The van der Waals surface area contributed by atoms with Gasteiger partial charge in [-0.2, -0.15) is 0 Å². The first kappa shape index (κ1) is 13.5. The molecule has 2 aliphatic rings. The van der Waals surface area contributed by atoms with Crippen LogP contribution in [0, 0.1) is 4.64 Å². The molecule has 2 aliphatic heterocycles. The van der Waals surface area contributed by atoms with E-state index >= 15 is 0 Å². The minimum absolute atomic E-state index is 0.142. The Hall–Kier alpha value is -2.20. The Morgan fingerprint density at radius 2 is 2.23 bits per heavy atom. The zero-order chi connectivity index (χ0) is 14.9. The monoisotopic (exact) mass is 330 g/mol. The number of hydrogen-bond acceptors (Lipinski definition) is 8. The van der Waals surface area contributed by atoms with E-state index in [1.807, 2.05) is 4.57 Å². The van der Waals surface area contributed by atoms with Gasteiger partial charge in [0.15, 0.2) is 17.5 Å². The molecule has 22 heavy (non-hydrogen) atoms. The number of aromatic nitrogens is 4. The molecule has 0 amide bonds. The second-order valence-electron chi connectivity index (χ2n) is 4.56. The Balaban J connectivity index is 1.46. The van der Waals surface area contributed by atoms with E-state index in [1.165, 1.54) is 12.7 Å². The van der Waals surface area contributed by atoms with Crippen molar-refractivity contribution in [2.45, 2.75) is 12.6 Å². The lowest BCUT2D eigenvalue weighted by atomic mass is 10.3. The summed E-state index contributed by atoms with van der Waals surface area (Å²) in [5.74, 6) is 1.51. The minimum atomic E-state index is -0.142. The van der Waals surface area contributed by atoms with Crippen molar-refractivity contribution in [3.63, 3.8) is 0 Å². The normalized spacial score (nSPS) is 19.4. The summed E-state index contributed by atoms with van der Waals surface area (Å²) < 4.78 is 2.63. The first-order valence-electron chi connectivity index (χ1n) is 6.54. The number of amidine groups is 1. The first-order chi connectivity index (χ1) is 10.8. The SMILES string of the molecule is S=c1c2[nH]cnc2ncn1CCSC1=NC=NC2=NC=N[C@@H]21. The molecule has 0 aliphatic carbocycles. The van der Waals surface area contributed by atoms with Crippen molar-refractivity contribution in [1.82, 2.24) is 19.5 Å². The maximum absolute atomic E-state index is 5.44. The second kappa shape index (κ2) is 5.54. The predicted octanol–water partition coefficient (Wildman–Crippen LogP) is 1.47. The summed E-state index contributed by atoms with van der Waals surface area (Å²) in [6, 6.07) is -0.142. The number of aryl methyl sites for hydroxylation is 1. The van der Waals surface area contributed by atoms with Gasteiger partial charge >= 0.3 is 0 Å². The molecule has 4 heterocycles. The fourth-order valence-corrected chi connectivity index (χ4v) is 3.41. The van der Waals surface area contributed by atoms with Gasteiger partial charge in [-0.3, -0.25) is 4.99 Å². The van der Waals surface area contributed by atoms with Gasteiger partial charge in [-0.15, -0.1) is 11.8 Å². The van der Waals surface area contributed by atoms with Crippen LogP contribution in [0.15, 0.2) is 32.6 Å². The Kier molecular flexibility index (Phi) is 3.39. The number of aliphatic imine (C=N–C) groups is 4. The highest BCUT2D eigenvalue weighted by molar-refractivity contribution is 8.14. The highest BCUT2D eigenvalue weighted by Gasteiger charge is 2.26. The molecule has 0 unspecified atom stereocenters. The Labute approximate surface area is 134 Å². The molecule has 0 saturated carbocycles. The predicted molar refractivity (Wildman–Crippen MR) is 90.8 cm³/mol. The molecule has 0 bridgehead atoms. The van der Waals surface area contributed by atoms with Crippen LogP contribution in [0.1, 0.15) is 0 Å². The van der Waals surface area contributed by atoms with Crippen LogP contribution in [0.2, 0.25) is 0 Å². The van der Waals surface area contributed by atoms with Gasteiger partial charge in [0.1, 0.15) is 27.9 Å². The molecule has 0 fully saturated rings. The van der Waals surface area contributed by atoms with E-state index < -0.39 is 0 Å². The van der Waals surface area contributed by atoms with Gasteiger partial charge < -0.3 is 9.55 Å². The molecular weight excluding hydrogens is 320 g/mol. The summed E-state index contributed by atoms with van der Waals surface area (Å²) >= 11 is 7.07. The van der Waals surface area contributed by atoms with Crippen molar-refractivity contribution in [3.8, 4) is 0 Å². The summed E-state index contributed by atoms with van der Waals surface area (Å²) in [5.41, 5.74) is 1.43. The van der Waals surface area contributed by atoms with Gasteiger partial charge in [0.2, 0.25) is 0 Å². The van der Waals surface area contributed by atoms with Crippen LogP contribution < -0.4 is 0 Å². The molecule has 0 radical (unpaired) electrons. The Bertz CT molecular complexity index is 903. The minimum Gasteiger partial charge on any atom is -0.341 e. The summed E-state index contributed by atoms with van der Waals surface area (Å²) in [6.07, 6.45) is 6.37. The lowest BCUT2D eigenvalue weighted by Crippen LogP contribution is -2.26. The van der Waals surface area contributed by atoms with Gasteiger partial charge in [-0.25, -0.2) is 24.9 Å². The molecule has 4 rings (SSSR count). The van der Waals surface area contributed by atoms with E-state index in [2.05, 4.69) is 34.9 Å². The summed E-state index contributed by atoms with van der Waals surface area (Å²) in [6.45, 7) is 0.727. The van der Waals surface area contributed by atoms with E-state index in [0.29, 0.717) is 16.1 Å². The third-order valence-corrected chi connectivity index (χ3v) is 4.70. The topological polar surface area (TPSA) is 95.9 Å². The summed E-state index contributed by atoms with van der Waals surface area (Å²) in [4.78, 5) is 28.2. The number of thioether (sulfide) groups is 1. The van der Waals surface area contributed by atoms with Gasteiger partial charge in [0.25, 0.3) is 0 Å². The molecule has 0 spiro atoms. The van der Waals surface area contributed by atoms with E-state index in [9.17, 15) is 0 Å². The zero-order valence-corrected chi connectivity index (χ0v) is 12.9. The van der Waals surface area contributed by atoms with E-state index in [0.717, 1.165) is 22.9 Å². The number of hydrogen-bond donors (Lipinski definition) is 1. The van der Waals surface area contributed by atoms with Crippen LogP contribution in [0.3, 0.4) is 0 Å². The molecule has 2 aromatic heterocycles. The molecule has 10 heteroatoms. The lowest BCUT2D eigenvalue weighted by molar-refractivity contribution is 0.741. The highest BCUT2D eigenvalue weighted by atomic mass is 32.2. The van der Waals surface area contributed by atoms with Gasteiger partial charge in [0.05, 0.1) is 12.7 Å². The second-order valence-corrected chi connectivity index (χ2v) is 6.06. The molecule has 1 N–H and O–H groups in total. The van der Waals surface area contributed by atoms with E-state index in [-0.39, 0.29) is 6.04 Å². The number of imidazole rings is 1. The maximum Gasteiger partial charge on any atom is 0.181 e. The lowest BCUT2D eigenvalue weighted by Gasteiger charge is -2.13. The number of aromatic amines is 1. The standard InChI is InChI=1S/C12H10N8S2/c21-12-8-10(16-4-14-8)19-6-20(12)1-2-22-11-7-9(15-3-13-7)17-5-18-11/h3-7H,1-2H2,(H,14,16)/t7-/m0/s1. The average Bonchev–Trinajstić information content (AvgIpc) is 3.18. The quantitative estimate of drug-likeness (QED) is 0.862. The fourth-order valence-electron chi connectivity index (χ4n) is 2.18. The Morgan fingerprint density at radius 1 is 1.27 bits per heavy atom. The zero-order valence-electron chi connectivity index (χ0n) is 11.2. The third kappa shape index (κ3) is 2.29. The molecule has 2 aromatic rings. The number of nitrogens with zero attached hydrogens (tertiary/aromatic N) is 7. The van der Waals surface area contributed by atoms with Crippen LogP contribution in [-0.4, -0.2) is 54.9 Å². The van der Waals surface area contributed by atoms with Gasteiger partial charge in [0, 0.05) is 12.3 Å². The molecule has 0 saturated heterocycles. The smallest absolute Gasteiger partial charge is 0.181 e. The summed E-state index contributed by atoms with van der Waals surface area (Å²) in [7, 11) is 0. The first-order valence-corrected chi connectivity index (χ1v) is 7.93. The average molecular weight is 330 g/mol. The molecular formula is C12H10N8S2. The molecule has 0 aromatic carbocycles. The van der Waals surface area contributed by atoms with Gasteiger partial charge in [-0.1, -0.05) is 12.2 Å².